The highest BCUT2D eigenvalue weighted by molar-refractivity contribution is 5.45. The first-order chi connectivity index (χ1) is 8.11. The molecule has 2 N–H and O–H groups in total. The van der Waals surface area contributed by atoms with Gasteiger partial charge in [0.2, 0.25) is 5.95 Å². The molecule has 17 heavy (non-hydrogen) atoms. The molecule has 0 atom stereocenters. The molecule has 1 aromatic carbocycles. The van der Waals surface area contributed by atoms with Gasteiger partial charge in [-0.1, -0.05) is 6.07 Å². The minimum Gasteiger partial charge on any atom is -0.466 e. The van der Waals surface area contributed by atoms with Crippen molar-refractivity contribution in [3.05, 3.63) is 34.4 Å². The molecule has 8 heteroatoms. The van der Waals surface area contributed by atoms with Gasteiger partial charge < -0.3 is 10.5 Å². The van der Waals surface area contributed by atoms with Gasteiger partial charge in [-0.2, -0.15) is 9.67 Å². The molecule has 0 radical (unpaired) electrons. The molecule has 1 aromatic heterocycles. The van der Waals surface area contributed by atoms with E-state index >= 15 is 0 Å². The van der Waals surface area contributed by atoms with Crippen LogP contribution >= 0.6 is 0 Å². The zero-order chi connectivity index (χ0) is 12.4. The fraction of sp³-hybridized carbons (Fsp3) is 0.111. The molecule has 0 unspecified atom stereocenters. The summed E-state index contributed by atoms with van der Waals surface area (Å²) in [5.74, 6) is 0.0994. The fourth-order valence-electron chi connectivity index (χ4n) is 1.32. The van der Waals surface area contributed by atoms with Gasteiger partial charge in [-0.05, 0) is 6.07 Å². The lowest BCUT2D eigenvalue weighted by atomic mass is 10.3. The van der Waals surface area contributed by atoms with E-state index < -0.39 is 4.92 Å². The Balaban J connectivity index is 2.48. The third-order valence-electron chi connectivity index (χ3n) is 2.08. The van der Waals surface area contributed by atoms with Crippen molar-refractivity contribution in [3.63, 3.8) is 0 Å². The molecule has 0 saturated carbocycles. The summed E-state index contributed by atoms with van der Waals surface area (Å²) in [6.45, 7) is 0. The molecule has 0 fully saturated rings. The largest absolute Gasteiger partial charge is 0.466 e. The molecule has 0 bridgehead atoms. The zero-order valence-corrected chi connectivity index (χ0v) is 8.90. The SMILES string of the molecule is COc1nc(N)n(-c2cccc([N+](=O)[O-])c2)n1. The van der Waals surface area contributed by atoms with Gasteiger partial charge in [0.15, 0.2) is 0 Å². The van der Waals surface area contributed by atoms with E-state index in [1.165, 1.54) is 23.9 Å². The van der Waals surface area contributed by atoms with Crippen LogP contribution in [0, 0.1) is 10.1 Å². The number of rotatable bonds is 3. The van der Waals surface area contributed by atoms with Gasteiger partial charge in [0.05, 0.1) is 17.7 Å². The van der Waals surface area contributed by atoms with Crippen LogP contribution in [0.25, 0.3) is 5.69 Å². The lowest BCUT2D eigenvalue weighted by Crippen LogP contribution is -2.02. The molecular weight excluding hydrogens is 226 g/mol. The Morgan fingerprint density at radius 3 is 2.88 bits per heavy atom. The van der Waals surface area contributed by atoms with E-state index in [4.69, 9.17) is 10.5 Å². The average molecular weight is 235 g/mol. The number of methoxy groups -OCH3 is 1. The van der Waals surface area contributed by atoms with Crippen LogP contribution in [0.15, 0.2) is 24.3 Å². The van der Waals surface area contributed by atoms with Crippen molar-refractivity contribution in [1.82, 2.24) is 14.8 Å². The van der Waals surface area contributed by atoms with Crippen molar-refractivity contribution in [2.75, 3.05) is 12.8 Å². The predicted molar refractivity (Wildman–Crippen MR) is 59.0 cm³/mol. The molecule has 1 heterocycles. The molecule has 0 saturated heterocycles. The van der Waals surface area contributed by atoms with Crippen LogP contribution in [0.2, 0.25) is 0 Å². The summed E-state index contributed by atoms with van der Waals surface area (Å²) < 4.78 is 6.09. The summed E-state index contributed by atoms with van der Waals surface area (Å²) in [5, 5.41) is 14.6. The minimum atomic E-state index is -0.492. The predicted octanol–water partition coefficient (Wildman–Crippen LogP) is 0.766. The van der Waals surface area contributed by atoms with E-state index in [2.05, 4.69) is 10.1 Å². The molecule has 0 aliphatic carbocycles. The van der Waals surface area contributed by atoms with Gasteiger partial charge in [0, 0.05) is 12.1 Å². The second-order valence-corrected chi connectivity index (χ2v) is 3.15. The van der Waals surface area contributed by atoms with Crippen molar-refractivity contribution in [2.24, 2.45) is 0 Å². The van der Waals surface area contributed by atoms with Crippen LogP contribution in [-0.4, -0.2) is 26.8 Å². The summed E-state index contributed by atoms with van der Waals surface area (Å²) >= 11 is 0. The topological polar surface area (TPSA) is 109 Å². The lowest BCUT2D eigenvalue weighted by Gasteiger charge is -2.01. The monoisotopic (exact) mass is 235 g/mol. The maximum atomic E-state index is 10.6. The second-order valence-electron chi connectivity index (χ2n) is 3.15. The average Bonchev–Trinajstić information content (AvgIpc) is 2.71. The maximum absolute atomic E-state index is 10.6. The maximum Gasteiger partial charge on any atom is 0.337 e. The normalized spacial score (nSPS) is 10.2. The molecule has 0 amide bonds. The van der Waals surface area contributed by atoms with Gasteiger partial charge in [0.1, 0.15) is 0 Å². The van der Waals surface area contributed by atoms with Crippen molar-refractivity contribution in [1.29, 1.82) is 0 Å². The van der Waals surface area contributed by atoms with Gasteiger partial charge in [-0.15, -0.1) is 5.10 Å². The number of ether oxygens (including phenoxy) is 1. The number of non-ortho nitro benzene ring substituents is 1. The number of anilines is 1. The van der Waals surface area contributed by atoms with Crippen LogP contribution in [0.3, 0.4) is 0 Å². The number of aromatic nitrogens is 3. The Morgan fingerprint density at radius 2 is 2.29 bits per heavy atom. The summed E-state index contributed by atoms with van der Waals surface area (Å²) in [6, 6.07) is 6.02. The van der Waals surface area contributed by atoms with Crippen LogP contribution in [0.4, 0.5) is 11.6 Å². The molecule has 0 spiro atoms. The summed E-state index contributed by atoms with van der Waals surface area (Å²) in [7, 11) is 1.41. The van der Waals surface area contributed by atoms with Crippen molar-refractivity contribution in [3.8, 4) is 11.7 Å². The highest BCUT2D eigenvalue weighted by Crippen LogP contribution is 2.19. The van der Waals surface area contributed by atoms with Crippen molar-refractivity contribution in [2.45, 2.75) is 0 Å². The first kappa shape index (κ1) is 10.9. The molecule has 88 valence electrons. The number of benzene rings is 1. The highest BCUT2D eigenvalue weighted by Gasteiger charge is 2.12. The summed E-state index contributed by atoms with van der Waals surface area (Å²) in [5.41, 5.74) is 6.02. The Kier molecular flexibility index (Phi) is 2.61. The third kappa shape index (κ3) is 2.00. The first-order valence-corrected chi connectivity index (χ1v) is 4.63. The van der Waals surface area contributed by atoms with E-state index in [-0.39, 0.29) is 17.6 Å². The molecule has 0 aliphatic heterocycles. The van der Waals surface area contributed by atoms with Gasteiger partial charge >= 0.3 is 6.01 Å². The Hall–Kier alpha value is -2.64. The van der Waals surface area contributed by atoms with E-state index in [9.17, 15) is 10.1 Å². The van der Waals surface area contributed by atoms with E-state index in [0.29, 0.717) is 5.69 Å². The van der Waals surface area contributed by atoms with Crippen LogP contribution in [0.5, 0.6) is 6.01 Å². The summed E-state index contributed by atoms with van der Waals surface area (Å²) in [4.78, 5) is 14.0. The molecular formula is C9H9N5O3. The number of hydrogen-bond acceptors (Lipinski definition) is 6. The van der Waals surface area contributed by atoms with Crippen molar-refractivity contribution < 1.29 is 9.66 Å². The quantitative estimate of drug-likeness (QED) is 0.621. The minimum absolute atomic E-state index is 0.0450. The second kappa shape index (κ2) is 4.08. The van der Waals surface area contributed by atoms with Crippen LogP contribution in [0.1, 0.15) is 0 Å². The number of nitrogens with zero attached hydrogens (tertiary/aromatic N) is 4. The molecule has 0 aliphatic rings. The Bertz CT molecular complexity index is 566. The van der Waals surface area contributed by atoms with Crippen LogP contribution in [-0.2, 0) is 0 Å². The van der Waals surface area contributed by atoms with E-state index in [0.717, 1.165) is 0 Å². The molecule has 2 rings (SSSR count). The Labute approximate surface area is 95.8 Å². The number of nitrogens with two attached hydrogens (primary N) is 1. The van der Waals surface area contributed by atoms with Crippen molar-refractivity contribution >= 4 is 11.6 Å². The smallest absolute Gasteiger partial charge is 0.337 e. The molecule has 8 nitrogen and oxygen atoms in total. The Morgan fingerprint density at radius 1 is 1.53 bits per heavy atom. The number of nitro benzene ring substituents is 1. The first-order valence-electron chi connectivity index (χ1n) is 4.63. The number of hydrogen-bond donors (Lipinski definition) is 1. The van der Waals surface area contributed by atoms with Crippen LogP contribution < -0.4 is 10.5 Å². The van der Waals surface area contributed by atoms with Gasteiger partial charge in [-0.25, -0.2) is 0 Å². The lowest BCUT2D eigenvalue weighted by molar-refractivity contribution is -0.384. The number of nitro groups is 1. The summed E-state index contributed by atoms with van der Waals surface area (Å²) in [6.07, 6.45) is 0. The van der Waals surface area contributed by atoms with E-state index in [1.807, 2.05) is 0 Å². The van der Waals surface area contributed by atoms with E-state index in [1.54, 1.807) is 12.1 Å². The van der Waals surface area contributed by atoms with Gasteiger partial charge in [-0.3, -0.25) is 10.1 Å². The standard InChI is InChI=1S/C9H9N5O3/c1-17-9-11-8(10)13(12-9)6-3-2-4-7(5-6)14(15)16/h2-5H,1H3,(H2,10,11,12). The zero-order valence-electron chi connectivity index (χ0n) is 8.90. The van der Waals surface area contributed by atoms with Gasteiger partial charge in [0.25, 0.3) is 5.69 Å². The fourth-order valence-corrected chi connectivity index (χ4v) is 1.32. The number of nitrogen functional groups attached to an aromatic ring is 1. The highest BCUT2D eigenvalue weighted by atomic mass is 16.6. The third-order valence-corrected chi connectivity index (χ3v) is 2.08. The molecule has 2 aromatic rings.